The molecule has 0 saturated carbocycles. The Morgan fingerprint density at radius 3 is 2.12 bits per heavy atom. The van der Waals surface area contributed by atoms with Gasteiger partial charge in [0.05, 0.1) is 0 Å². The number of rotatable bonds is 4. The van der Waals surface area contributed by atoms with Crippen LogP contribution < -0.4 is 4.31 Å². The number of sulfonamides is 1. The maximum atomic E-state index is 12.8. The van der Waals surface area contributed by atoms with E-state index in [-0.39, 0.29) is 6.54 Å². The minimum Gasteiger partial charge on any atom is -0.236 e. The van der Waals surface area contributed by atoms with E-state index in [1.54, 1.807) is 0 Å². The lowest BCUT2D eigenvalue weighted by molar-refractivity contribution is 0.455. The minimum atomic E-state index is -3.96. The molecule has 0 aromatic carbocycles. The highest BCUT2D eigenvalue weighted by molar-refractivity contribution is 7.94. The maximum Gasteiger partial charge on any atom is 0.315 e. The van der Waals surface area contributed by atoms with Crippen molar-refractivity contribution in [1.82, 2.24) is 15.0 Å². The molecule has 1 heterocycles. The predicted molar refractivity (Wildman–Crippen MR) is 57.0 cm³/mol. The first-order chi connectivity index (χ1) is 7.78. The average molecular weight is 287 g/mol. The van der Waals surface area contributed by atoms with E-state index in [4.69, 9.17) is 11.6 Å². The van der Waals surface area contributed by atoms with E-state index in [0.29, 0.717) is 4.31 Å². The molecule has 0 radical (unpaired) electrons. The van der Waals surface area contributed by atoms with E-state index < -0.39 is 32.8 Å². The van der Waals surface area contributed by atoms with Crippen LogP contribution >= 0.6 is 11.6 Å². The zero-order chi connectivity index (χ0) is 13.2. The Kier molecular flexibility index (Phi) is 4.15. The number of hydrogen-bond acceptors (Lipinski definition) is 5. The van der Waals surface area contributed by atoms with Crippen LogP contribution in [-0.2, 0) is 10.0 Å². The Morgan fingerprint density at radius 2 is 1.76 bits per heavy atom. The van der Waals surface area contributed by atoms with Crippen LogP contribution in [0.5, 0.6) is 0 Å². The summed E-state index contributed by atoms with van der Waals surface area (Å²) >= 11 is 5.48. The zero-order valence-electron chi connectivity index (χ0n) is 8.93. The Labute approximate surface area is 102 Å². The van der Waals surface area contributed by atoms with Gasteiger partial charge in [-0.1, -0.05) is 0 Å². The highest BCUT2D eigenvalue weighted by atomic mass is 35.5. The van der Waals surface area contributed by atoms with Crippen molar-refractivity contribution in [3.05, 3.63) is 12.2 Å². The SMILES string of the molecule is CCN(c1nc(F)nc(F)n1)S(=O)(=O)C(C)Cl. The van der Waals surface area contributed by atoms with E-state index >= 15 is 0 Å². The van der Waals surface area contributed by atoms with Gasteiger partial charge in [0.1, 0.15) is 0 Å². The molecule has 1 rings (SSSR count). The van der Waals surface area contributed by atoms with E-state index in [1.165, 1.54) is 13.8 Å². The molecule has 0 aliphatic heterocycles. The molecule has 0 fully saturated rings. The Bertz CT molecular complexity index is 490. The van der Waals surface area contributed by atoms with Crippen LogP contribution in [0, 0.1) is 12.2 Å². The van der Waals surface area contributed by atoms with Crippen molar-refractivity contribution in [3.8, 4) is 0 Å². The topological polar surface area (TPSA) is 76.1 Å². The highest BCUT2D eigenvalue weighted by Crippen LogP contribution is 2.18. The molecule has 17 heavy (non-hydrogen) atoms. The number of hydrogen-bond donors (Lipinski definition) is 0. The largest absolute Gasteiger partial charge is 0.315 e. The van der Waals surface area contributed by atoms with Gasteiger partial charge in [0.2, 0.25) is 5.95 Å². The van der Waals surface area contributed by atoms with Gasteiger partial charge in [0, 0.05) is 6.54 Å². The summed E-state index contributed by atoms with van der Waals surface area (Å²) in [4.78, 5) is 8.89. The van der Waals surface area contributed by atoms with E-state index in [1.807, 2.05) is 0 Å². The summed E-state index contributed by atoms with van der Waals surface area (Å²) in [5, 5.41) is 0. The summed E-state index contributed by atoms with van der Waals surface area (Å²) < 4.78 is 48.3. The lowest BCUT2D eigenvalue weighted by Gasteiger charge is -2.21. The van der Waals surface area contributed by atoms with Crippen LogP contribution in [0.3, 0.4) is 0 Å². The third-order valence-corrected chi connectivity index (χ3v) is 4.33. The highest BCUT2D eigenvalue weighted by Gasteiger charge is 2.29. The predicted octanol–water partition coefficient (Wildman–Crippen LogP) is 0.891. The summed E-state index contributed by atoms with van der Waals surface area (Å²) in [7, 11) is -3.96. The monoisotopic (exact) mass is 286 g/mol. The van der Waals surface area contributed by atoms with Crippen LogP contribution in [0.4, 0.5) is 14.7 Å². The smallest absolute Gasteiger partial charge is 0.236 e. The molecule has 1 unspecified atom stereocenters. The second kappa shape index (κ2) is 5.05. The molecule has 1 atom stereocenters. The minimum absolute atomic E-state index is 0.109. The molecular weight excluding hydrogens is 278 g/mol. The van der Waals surface area contributed by atoms with Gasteiger partial charge < -0.3 is 0 Å². The lowest BCUT2D eigenvalue weighted by Crippen LogP contribution is -2.37. The summed E-state index contributed by atoms with van der Waals surface area (Å²) in [5.41, 5.74) is 0. The molecule has 0 N–H and O–H groups in total. The van der Waals surface area contributed by atoms with Crippen LogP contribution in [0.1, 0.15) is 13.8 Å². The molecule has 0 spiro atoms. The average Bonchev–Trinajstić information content (AvgIpc) is 2.16. The van der Waals surface area contributed by atoms with Crippen molar-refractivity contribution in [1.29, 1.82) is 0 Å². The third-order valence-electron chi connectivity index (χ3n) is 1.80. The molecule has 1 aromatic heterocycles. The molecule has 0 bridgehead atoms. The van der Waals surface area contributed by atoms with Gasteiger partial charge in [0.15, 0.2) is 4.71 Å². The van der Waals surface area contributed by atoms with Gasteiger partial charge >= 0.3 is 12.2 Å². The maximum absolute atomic E-state index is 12.8. The summed E-state index contributed by atoms with van der Waals surface area (Å²) in [6, 6.07) is 0. The molecule has 96 valence electrons. The first kappa shape index (κ1) is 14.0. The summed E-state index contributed by atoms with van der Waals surface area (Å²) in [6.45, 7) is 2.56. The van der Waals surface area contributed by atoms with Gasteiger partial charge in [-0.15, -0.1) is 11.6 Å². The second-order valence-corrected chi connectivity index (χ2v) is 6.02. The number of nitrogens with zero attached hydrogens (tertiary/aromatic N) is 4. The van der Waals surface area contributed by atoms with Crippen molar-refractivity contribution in [2.75, 3.05) is 10.8 Å². The van der Waals surface area contributed by atoms with Crippen LogP contribution in [0.2, 0.25) is 0 Å². The summed E-state index contributed by atoms with van der Waals surface area (Å²) in [6.07, 6.45) is -2.80. The van der Waals surface area contributed by atoms with Crippen molar-refractivity contribution >= 4 is 27.6 Å². The van der Waals surface area contributed by atoms with Gasteiger partial charge in [-0.25, -0.2) is 12.7 Å². The fraction of sp³-hybridized carbons (Fsp3) is 0.571. The van der Waals surface area contributed by atoms with Crippen molar-refractivity contribution in [2.24, 2.45) is 0 Å². The second-order valence-electron chi connectivity index (χ2n) is 2.93. The fourth-order valence-electron chi connectivity index (χ4n) is 1.04. The molecular formula is C7H9ClF2N4O2S. The Hall–Kier alpha value is -1.09. The fourth-order valence-corrected chi connectivity index (χ4v) is 2.35. The number of halogens is 3. The normalized spacial score (nSPS) is 13.5. The zero-order valence-corrected chi connectivity index (χ0v) is 10.5. The van der Waals surface area contributed by atoms with Crippen molar-refractivity contribution in [2.45, 2.75) is 18.6 Å². The molecule has 10 heteroatoms. The standard InChI is InChI=1S/C7H9ClF2N4O2S/c1-3-14(17(15,16)4(2)8)7-12-5(9)11-6(10)13-7/h4H,3H2,1-2H3. The molecule has 1 aromatic rings. The van der Waals surface area contributed by atoms with E-state index in [9.17, 15) is 17.2 Å². The molecule has 0 amide bonds. The molecule has 0 aliphatic rings. The number of aromatic nitrogens is 3. The first-order valence-corrected chi connectivity index (χ1v) is 6.45. The molecule has 6 nitrogen and oxygen atoms in total. The number of anilines is 1. The Balaban J connectivity index is 3.28. The lowest BCUT2D eigenvalue weighted by atomic mass is 10.7. The van der Waals surface area contributed by atoms with Crippen LogP contribution in [0.15, 0.2) is 0 Å². The van der Waals surface area contributed by atoms with Gasteiger partial charge in [-0.05, 0) is 13.8 Å². The van der Waals surface area contributed by atoms with E-state index in [0.717, 1.165) is 0 Å². The Morgan fingerprint density at radius 1 is 1.29 bits per heavy atom. The summed E-state index contributed by atoms with van der Waals surface area (Å²) in [5.74, 6) is -0.634. The third kappa shape index (κ3) is 2.97. The van der Waals surface area contributed by atoms with Gasteiger partial charge in [-0.3, -0.25) is 0 Å². The van der Waals surface area contributed by atoms with Crippen molar-refractivity contribution in [3.63, 3.8) is 0 Å². The quantitative estimate of drug-likeness (QED) is 0.768. The number of alkyl halides is 1. The van der Waals surface area contributed by atoms with E-state index in [2.05, 4.69) is 15.0 Å². The van der Waals surface area contributed by atoms with Gasteiger partial charge in [-0.2, -0.15) is 23.7 Å². The molecule has 0 saturated heterocycles. The van der Waals surface area contributed by atoms with Crippen LogP contribution in [-0.4, -0.2) is 34.6 Å². The first-order valence-electron chi connectivity index (χ1n) is 4.51. The van der Waals surface area contributed by atoms with Crippen molar-refractivity contribution < 1.29 is 17.2 Å². The van der Waals surface area contributed by atoms with Gasteiger partial charge in [0.25, 0.3) is 10.0 Å². The van der Waals surface area contributed by atoms with Crippen LogP contribution in [0.25, 0.3) is 0 Å². The molecule has 0 aliphatic carbocycles.